The summed E-state index contributed by atoms with van der Waals surface area (Å²) in [7, 11) is 0. The van der Waals surface area contributed by atoms with Crippen molar-refractivity contribution in [1.82, 2.24) is 10.2 Å². The highest BCUT2D eigenvalue weighted by atomic mass is 16.5. The number of rotatable bonds is 5. The molecule has 23 heavy (non-hydrogen) atoms. The van der Waals surface area contributed by atoms with E-state index in [2.05, 4.69) is 5.32 Å². The zero-order valence-electron chi connectivity index (χ0n) is 13.2. The molecule has 1 aromatic heterocycles. The van der Waals surface area contributed by atoms with Gasteiger partial charge in [0.1, 0.15) is 6.04 Å². The van der Waals surface area contributed by atoms with E-state index in [9.17, 15) is 14.4 Å². The van der Waals surface area contributed by atoms with Crippen LogP contribution in [0.15, 0.2) is 22.8 Å². The normalized spacial score (nSPS) is 16.3. The molecular weight excluding hydrogens is 300 g/mol. The molecule has 1 fully saturated rings. The Hall–Kier alpha value is -2.31. The van der Waals surface area contributed by atoms with Crippen molar-refractivity contribution >= 4 is 17.8 Å². The minimum atomic E-state index is -0.857. The molecule has 126 valence electrons. The number of hydrogen-bond donors (Lipinski definition) is 1. The summed E-state index contributed by atoms with van der Waals surface area (Å²) in [5.41, 5.74) is 0. The molecule has 0 radical (unpaired) electrons. The predicted molar refractivity (Wildman–Crippen MR) is 81.6 cm³/mol. The second-order valence-electron chi connectivity index (χ2n) is 5.58. The van der Waals surface area contributed by atoms with Crippen LogP contribution in [-0.2, 0) is 14.3 Å². The summed E-state index contributed by atoms with van der Waals surface area (Å²) in [6.45, 7) is 2.63. The Morgan fingerprint density at radius 1 is 1.26 bits per heavy atom. The first-order valence-electron chi connectivity index (χ1n) is 7.86. The van der Waals surface area contributed by atoms with Gasteiger partial charge in [-0.3, -0.25) is 9.59 Å². The molecule has 1 aliphatic heterocycles. The van der Waals surface area contributed by atoms with E-state index < -0.39 is 17.9 Å². The topological polar surface area (TPSA) is 88.9 Å². The fraction of sp³-hybridized carbons (Fsp3) is 0.562. The summed E-state index contributed by atoms with van der Waals surface area (Å²) in [5.74, 6) is -1.22. The third-order valence-electron chi connectivity index (χ3n) is 3.74. The van der Waals surface area contributed by atoms with Crippen LogP contribution in [0.4, 0.5) is 0 Å². The summed E-state index contributed by atoms with van der Waals surface area (Å²) in [6.07, 6.45) is 5.58. The van der Waals surface area contributed by atoms with Crippen molar-refractivity contribution in [3.05, 3.63) is 24.2 Å². The maximum atomic E-state index is 12.0. The van der Waals surface area contributed by atoms with Crippen LogP contribution in [0.2, 0.25) is 0 Å². The number of esters is 1. The average molecular weight is 322 g/mol. The van der Waals surface area contributed by atoms with Gasteiger partial charge >= 0.3 is 5.97 Å². The maximum absolute atomic E-state index is 12.0. The van der Waals surface area contributed by atoms with Crippen LogP contribution in [-0.4, -0.2) is 48.4 Å². The lowest BCUT2D eigenvalue weighted by Gasteiger charge is -2.20. The summed E-state index contributed by atoms with van der Waals surface area (Å²) in [4.78, 5) is 37.4. The Morgan fingerprint density at radius 2 is 1.96 bits per heavy atom. The van der Waals surface area contributed by atoms with E-state index in [0.29, 0.717) is 13.1 Å². The van der Waals surface area contributed by atoms with E-state index in [1.165, 1.54) is 19.3 Å². The third kappa shape index (κ3) is 5.12. The minimum absolute atomic E-state index is 0.116. The number of ether oxygens (including phenoxy) is 1. The number of nitrogens with one attached hydrogen (secondary N) is 1. The van der Waals surface area contributed by atoms with Crippen LogP contribution in [0.3, 0.4) is 0 Å². The second-order valence-corrected chi connectivity index (χ2v) is 5.58. The number of amides is 2. The summed E-state index contributed by atoms with van der Waals surface area (Å²) < 4.78 is 9.94. The number of furan rings is 1. The molecule has 1 aromatic rings. The number of carbonyl (C=O) groups is 3. The van der Waals surface area contributed by atoms with Gasteiger partial charge in [-0.25, -0.2) is 4.79 Å². The van der Waals surface area contributed by atoms with Gasteiger partial charge in [0.05, 0.1) is 6.26 Å². The van der Waals surface area contributed by atoms with Gasteiger partial charge in [-0.05, 0) is 31.9 Å². The van der Waals surface area contributed by atoms with E-state index in [0.717, 1.165) is 25.7 Å². The van der Waals surface area contributed by atoms with Gasteiger partial charge in [0, 0.05) is 13.1 Å². The maximum Gasteiger partial charge on any atom is 0.328 e. The average Bonchev–Trinajstić information content (AvgIpc) is 2.95. The Morgan fingerprint density at radius 3 is 2.57 bits per heavy atom. The SMILES string of the molecule is C[C@H](NC(=O)c1ccco1)C(=O)OCC(=O)N1CCCCCC1. The molecule has 0 aliphatic carbocycles. The van der Waals surface area contributed by atoms with Crippen LogP contribution < -0.4 is 5.32 Å². The monoisotopic (exact) mass is 322 g/mol. The summed E-state index contributed by atoms with van der Waals surface area (Å²) >= 11 is 0. The van der Waals surface area contributed by atoms with Crippen molar-refractivity contribution in [3.63, 3.8) is 0 Å². The van der Waals surface area contributed by atoms with Crippen LogP contribution >= 0.6 is 0 Å². The molecule has 2 heterocycles. The molecule has 1 N–H and O–H groups in total. The van der Waals surface area contributed by atoms with E-state index in [4.69, 9.17) is 9.15 Å². The van der Waals surface area contributed by atoms with Crippen molar-refractivity contribution in [1.29, 1.82) is 0 Å². The molecule has 0 spiro atoms. The number of hydrogen-bond acceptors (Lipinski definition) is 5. The van der Waals surface area contributed by atoms with Gasteiger partial charge < -0.3 is 19.4 Å². The number of carbonyl (C=O) groups excluding carboxylic acids is 3. The lowest BCUT2D eigenvalue weighted by molar-refractivity contribution is -0.153. The van der Waals surface area contributed by atoms with Crippen LogP contribution in [0, 0.1) is 0 Å². The lowest BCUT2D eigenvalue weighted by atomic mass is 10.2. The quantitative estimate of drug-likeness (QED) is 0.827. The van der Waals surface area contributed by atoms with Crippen molar-refractivity contribution in [2.75, 3.05) is 19.7 Å². The molecule has 0 aromatic carbocycles. The lowest BCUT2D eigenvalue weighted by Crippen LogP contribution is -2.41. The second kappa shape index (κ2) is 8.36. The van der Waals surface area contributed by atoms with Crippen LogP contribution in [0.25, 0.3) is 0 Å². The van der Waals surface area contributed by atoms with E-state index in [1.807, 2.05) is 0 Å². The highest BCUT2D eigenvalue weighted by Crippen LogP contribution is 2.10. The van der Waals surface area contributed by atoms with Gasteiger partial charge in [-0.2, -0.15) is 0 Å². The van der Waals surface area contributed by atoms with Gasteiger partial charge in [0.15, 0.2) is 12.4 Å². The zero-order chi connectivity index (χ0) is 16.7. The summed E-state index contributed by atoms with van der Waals surface area (Å²) in [5, 5.41) is 2.46. The first kappa shape index (κ1) is 17.1. The highest BCUT2D eigenvalue weighted by Gasteiger charge is 2.22. The van der Waals surface area contributed by atoms with E-state index in [1.54, 1.807) is 11.0 Å². The standard InChI is InChI=1S/C16H22N2O5/c1-12(17-15(20)13-7-6-10-22-13)16(21)23-11-14(19)18-8-4-2-3-5-9-18/h6-7,10,12H,2-5,8-9,11H2,1H3,(H,17,20)/t12-/m0/s1. The Labute approximate surface area is 135 Å². The molecule has 7 heteroatoms. The Balaban J connectivity index is 1.74. The zero-order valence-corrected chi connectivity index (χ0v) is 13.2. The van der Waals surface area contributed by atoms with Crippen LogP contribution in [0.5, 0.6) is 0 Å². The fourth-order valence-electron chi connectivity index (χ4n) is 2.40. The molecule has 1 saturated heterocycles. The van der Waals surface area contributed by atoms with Crippen molar-refractivity contribution in [3.8, 4) is 0 Å². The molecule has 2 rings (SSSR count). The molecule has 0 bridgehead atoms. The predicted octanol–water partition coefficient (Wildman–Crippen LogP) is 1.34. The first-order valence-corrected chi connectivity index (χ1v) is 7.86. The van der Waals surface area contributed by atoms with Gasteiger partial charge in [-0.15, -0.1) is 0 Å². The molecule has 0 saturated carbocycles. The van der Waals surface area contributed by atoms with Crippen molar-refractivity contribution < 1.29 is 23.5 Å². The van der Waals surface area contributed by atoms with Gasteiger partial charge in [-0.1, -0.05) is 12.8 Å². The molecular formula is C16H22N2O5. The first-order chi connectivity index (χ1) is 11.1. The van der Waals surface area contributed by atoms with Gasteiger partial charge in [0.25, 0.3) is 11.8 Å². The number of nitrogens with zero attached hydrogens (tertiary/aromatic N) is 1. The highest BCUT2D eigenvalue weighted by molar-refractivity contribution is 5.94. The van der Waals surface area contributed by atoms with Crippen molar-refractivity contribution in [2.45, 2.75) is 38.6 Å². The fourth-order valence-corrected chi connectivity index (χ4v) is 2.40. The molecule has 2 amide bonds. The van der Waals surface area contributed by atoms with E-state index >= 15 is 0 Å². The number of likely N-dealkylation sites (tertiary alicyclic amines) is 1. The van der Waals surface area contributed by atoms with Crippen LogP contribution in [0.1, 0.15) is 43.2 Å². The molecule has 7 nitrogen and oxygen atoms in total. The smallest absolute Gasteiger partial charge is 0.328 e. The molecule has 1 aliphatic rings. The third-order valence-corrected chi connectivity index (χ3v) is 3.74. The van der Waals surface area contributed by atoms with Crippen molar-refractivity contribution in [2.24, 2.45) is 0 Å². The Bertz CT molecular complexity index is 533. The summed E-state index contributed by atoms with van der Waals surface area (Å²) in [6, 6.07) is 2.22. The Kier molecular flexibility index (Phi) is 6.19. The van der Waals surface area contributed by atoms with Gasteiger partial charge in [0.2, 0.25) is 0 Å². The van der Waals surface area contributed by atoms with E-state index in [-0.39, 0.29) is 18.3 Å². The minimum Gasteiger partial charge on any atom is -0.459 e. The molecule has 0 unspecified atom stereocenters. The largest absolute Gasteiger partial charge is 0.459 e. The molecule has 1 atom stereocenters.